The highest BCUT2D eigenvalue weighted by Crippen LogP contribution is 2.54. The smallest absolute Gasteiger partial charge is 0.235 e. The number of likely N-dealkylation sites (tertiary alicyclic amines) is 1. The Balaban J connectivity index is 1.61. The lowest BCUT2D eigenvalue weighted by Gasteiger charge is -2.36. The van der Waals surface area contributed by atoms with E-state index in [9.17, 15) is 4.79 Å². The third-order valence-electron chi connectivity index (χ3n) is 6.06. The lowest BCUT2D eigenvalue weighted by molar-refractivity contribution is -0.123. The molecule has 3 aliphatic rings. The molecule has 24 heavy (non-hydrogen) atoms. The molecule has 0 aromatic heterocycles. The molecule has 1 saturated carbocycles. The van der Waals surface area contributed by atoms with Crippen LogP contribution in [0.15, 0.2) is 12.1 Å². The summed E-state index contributed by atoms with van der Waals surface area (Å²) in [6.07, 6.45) is 5.36. The minimum Gasteiger partial charge on any atom is -0.488 e. The molecule has 2 heterocycles. The molecule has 0 unspecified atom stereocenters. The van der Waals surface area contributed by atoms with Crippen LogP contribution >= 0.6 is 0 Å². The average Bonchev–Trinajstić information content (AvgIpc) is 2.87. The number of nitrogens with one attached hydrogen (secondary N) is 2. The highest BCUT2D eigenvalue weighted by Gasteiger charge is 2.52. The van der Waals surface area contributed by atoms with Crippen molar-refractivity contribution in [2.45, 2.75) is 50.5 Å². The highest BCUT2D eigenvalue weighted by molar-refractivity contribution is 6.08. The number of hydrogen-bond acceptors (Lipinski definition) is 4. The average molecular weight is 329 g/mol. The highest BCUT2D eigenvalue weighted by atomic mass is 16.5. The molecule has 1 spiro atoms. The fourth-order valence-electron chi connectivity index (χ4n) is 4.26. The molecule has 5 nitrogen and oxygen atoms in total. The van der Waals surface area contributed by atoms with Gasteiger partial charge < -0.3 is 20.3 Å². The second-order valence-electron chi connectivity index (χ2n) is 7.29. The van der Waals surface area contributed by atoms with Gasteiger partial charge in [0.25, 0.3) is 0 Å². The van der Waals surface area contributed by atoms with Crippen LogP contribution in [-0.2, 0) is 10.2 Å². The fourth-order valence-corrected chi connectivity index (χ4v) is 4.26. The predicted octanol–water partition coefficient (Wildman–Crippen LogP) is 2.97. The van der Waals surface area contributed by atoms with Crippen LogP contribution in [0.1, 0.15) is 44.6 Å². The lowest BCUT2D eigenvalue weighted by Crippen LogP contribution is -2.40. The van der Waals surface area contributed by atoms with Gasteiger partial charge in [-0.1, -0.05) is 13.3 Å². The molecule has 0 bridgehead atoms. The number of ether oxygens (including phenoxy) is 1. The van der Waals surface area contributed by atoms with Crippen LogP contribution in [0.5, 0.6) is 5.75 Å². The molecule has 4 rings (SSSR count). The predicted molar refractivity (Wildman–Crippen MR) is 95.9 cm³/mol. The minimum absolute atomic E-state index is 0.155. The number of amides is 1. The standard InChI is InChI=1S/C19H27N3O2/c1-3-22-9-5-14(6-10-22)24-16-12-13(20-2)11-15-17(16)21-18(23)19(15)7-4-8-19/h11-12,14,20H,3-10H2,1-2H3,(H,21,23). The van der Waals surface area contributed by atoms with Crippen molar-refractivity contribution in [1.29, 1.82) is 0 Å². The van der Waals surface area contributed by atoms with Gasteiger partial charge in [-0.15, -0.1) is 0 Å². The molecule has 2 fully saturated rings. The summed E-state index contributed by atoms with van der Waals surface area (Å²) in [5.41, 5.74) is 2.77. The zero-order chi connectivity index (χ0) is 16.7. The van der Waals surface area contributed by atoms with Gasteiger partial charge in [0.15, 0.2) is 0 Å². The van der Waals surface area contributed by atoms with Crippen LogP contribution in [0.3, 0.4) is 0 Å². The van der Waals surface area contributed by atoms with E-state index in [4.69, 9.17) is 4.74 Å². The molecular weight excluding hydrogens is 302 g/mol. The van der Waals surface area contributed by atoms with Crippen LogP contribution in [0.2, 0.25) is 0 Å². The molecule has 2 N–H and O–H groups in total. The van der Waals surface area contributed by atoms with E-state index in [1.165, 1.54) is 0 Å². The zero-order valence-corrected chi connectivity index (χ0v) is 14.7. The quantitative estimate of drug-likeness (QED) is 0.892. The third-order valence-corrected chi connectivity index (χ3v) is 6.06. The van der Waals surface area contributed by atoms with Crippen molar-refractivity contribution in [3.05, 3.63) is 17.7 Å². The Bertz CT molecular complexity index is 646. The number of rotatable bonds is 4. The summed E-state index contributed by atoms with van der Waals surface area (Å²) >= 11 is 0. The van der Waals surface area contributed by atoms with E-state index < -0.39 is 0 Å². The fraction of sp³-hybridized carbons (Fsp3) is 0.632. The van der Waals surface area contributed by atoms with Gasteiger partial charge >= 0.3 is 0 Å². The van der Waals surface area contributed by atoms with Crippen molar-refractivity contribution < 1.29 is 9.53 Å². The number of nitrogens with zero attached hydrogens (tertiary/aromatic N) is 1. The first kappa shape index (κ1) is 15.8. The largest absolute Gasteiger partial charge is 0.488 e. The summed E-state index contributed by atoms with van der Waals surface area (Å²) in [6, 6.07) is 4.15. The molecule has 130 valence electrons. The summed E-state index contributed by atoms with van der Waals surface area (Å²) in [7, 11) is 1.92. The van der Waals surface area contributed by atoms with Gasteiger partial charge in [0.05, 0.1) is 11.1 Å². The molecular formula is C19H27N3O2. The van der Waals surface area contributed by atoms with E-state index in [0.717, 1.165) is 74.4 Å². The first-order chi connectivity index (χ1) is 11.7. The number of fused-ring (bicyclic) bond motifs is 2. The van der Waals surface area contributed by atoms with Crippen molar-refractivity contribution in [2.75, 3.05) is 37.3 Å². The Morgan fingerprint density at radius 2 is 2.08 bits per heavy atom. The van der Waals surface area contributed by atoms with Crippen molar-refractivity contribution in [2.24, 2.45) is 0 Å². The number of carbonyl (C=O) groups excluding carboxylic acids is 1. The van der Waals surface area contributed by atoms with Crippen molar-refractivity contribution in [3.63, 3.8) is 0 Å². The summed E-state index contributed by atoms with van der Waals surface area (Å²) < 4.78 is 6.36. The van der Waals surface area contributed by atoms with E-state index in [0.29, 0.717) is 0 Å². The summed E-state index contributed by atoms with van der Waals surface area (Å²) in [4.78, 5) is 15.0. The van der Waals surface area contributed by atoms with Crippen LogP contribution in [0.4, 0.5) is 11.4 Å². The maximum Gasteiger partial charge on any atom is 0.235 e. The molecule has 1 amide bonds. The Hall–Kier alpha value is -1.75. The van der Waals surface area contributed by atoms with Gasteiger partial charge in [0, 0.05) is 31.9 Å². The first-order valence-corrected chi connectivity index (χ1v) is 9.23. The Morgan fingerprint density at radius 3 is 2.67 bits per heavy atom. The molecule has 1 aliphatic carbocycles. The van der Waals surface area contributed by atoms with Crippen molar-refractivity contribution >= 4 is 17.3 Å². The lowest BCUT2D eigenvalue weighted by atomic mass is 9.65. The molecule has 1 aromatic carbocycles. The Kier molecular flexibility index (Phi) is 3.91. The van der Waals surface area contributed by atoms with Gasteiger partial charge in [-0.05, 0) is 43.9 Å². The summed E-state index contributed by atoms with van der Waals surface area (Å²) in [5.74, 6) is 0.992. The number of carbonyl (C=O) groups is 1. The summed E-state index contributed by atoms with van der Waals surface area (Å²) in [5, 5.41) is 6.34. The maximum atomic E-state index is 12.6. The monoisotopic (exact) mass is 329 g/mol. The van der Waals surface area contributed by atoms with Gasteiger partial charge in [-0.2, -0.15) is 0 Å². The second kappa shape index (κ2) is 5.96. The molecule has 1 aromatic rings. The van der Waals surface area contributed by atoms with E-state index in [-0.39, 0.29) is 17.4 Å². The SMILES string of the molecule is CCN1CCC(Oc2cc(NC)cc3c2NC(=O)C32CCC2)CC1. The maximum absolute atomic E-state index is 12.6. The van der Waals surface area contributed by atoms with Crippen LogP contribution in [-0.4, -0.2) is 43.6 Å². The minimum atomic E-state index is -0.300. The third kappa shape index (κ3) is 2.37. The molecule has 0 radical (unpaired) electrons. The normalized spacial score (nSPS) is 22.8. The number of benzene rings is 1. The molecule has 5 heteroatoms. The molecule has 1 saturated heterocycles. The van der Waals surface area contributed by atoms with Crippen molar-refractivity contribution in [3.8, 4) is 5.75 Å². The van der Waals surface area contributed by atoms with E-state index in [2.05, 4.69) is 28.5 Å². The van der Waals surface area contributed by atoms with E-state index >= 15 is 0 Å². The van der Waals surface area contributed by atoms with Crippen LogP contribution < -0.4 is 15.4 Å². The summed E-state index contributed by atoms with van der Waals surface area (Å²) in [6.45, 7) is 5.49. The Labute approximate surface area is 143 Å². The van der Waals surface area contributed by atoms with Crippen molar-refractivity contribution in [1.82, 2.24) is 4.90 Å². The number of piperidine rings is 1. The molecule has 2 aliphatic heterocycles. The van der Waals surface area contributed by atoms with E-state index in [1.54, 1.807) is 0 Å². The first-order valence-electron chi connectivity index (χ1n) is 9.23. The number of anilines is 2. The van der Waals surface area contributed by atoms with Gasteiger partial charge in [-0.3, -0.25) is 4.79 Å². The van der Waals surface area contributed by atoms with Crippen LogP contribution in [0.25, 0.3) is 0 Å². The van der Waals surface area contributed by atoms with Gasteiger partial charge in [0.1, 0.15) is 11.9 Å². The topological polar surface area (TPSA) is 53.6 Å². The van der Waals surface area contributed by atoms with Gasteiger partial charge in [-0.25, -0.2) is 0 Å². The second-order valence-corrected chi connectivity index (χ2v) is 7.29. The van der Waals surface area contributed by atoms with Gasteiger partial charge in [0.2, 0.25) is 5.91 Å². The van der Waals surface area contributed by atoms with Crippen LogP contribution in [0, 0.1) is 0 Å². The number of hydrogen-bond donors (Lipinski definition) is 2. The zero-order valence-electron chi connectivity index (χ0n) is 14.7. The van der Waals surface area contributed by atoms with E-state index in [1.807, 2.05) is 13.1 Å². The molecule has 0 atom stereocenters. The Morgan fingerprint density at radius 1 is 1.33 bits per heavy atom.